The van der Waals surface area contributed by atoms with E-state index in [1.54, 1.807) is 24.3 Å². The van der Waals surface area contributed by atoms with Crippen LogP contribution in [0.25, 0.3) is 17.1 Å². The first-order chi connectivity index (χ1) is 14.6. The zero-order chi connectivity index (χ0) is 20.9. The van der Waals surface area contributed by atoms with Gasteiger partial charge >= 0.3 is 0 Å². The third-order valence-corrected chi connectivity index (χ3v) is 5.41. The molecule has 0 unspecified atom stereocenters. The molecular formula is C22H16ClFN4OS. The average molecular weight is 439 g/mol. The molecule has 0 fully saturated rings. The minimum absolute atomic E-state index is 0.0555. The summed E-state index contributed by atoms with van der Waals surface area (Å²) in [7, 11) is 0. The number of rotatable bonds is 6. The molecule has 3 aromatic carbocycles. The van der Waals surface area contributed by atoms with E-state index in [9.17, 15) is 9.18 Å². The van der Waals surface area contributed by atoms with Crippen molar-refractivity contribution in [3.05, 3.63) is 89.7 Å². The largest absolute Gasteiger partial charge is 0.323 e. The van der Waals surface area contributed by atoms with Crippen LogP contribution in [0, 0.1) is 5.82 Å². The summed E-state index contributed by atoms with van der Waals surface area (Å²) in [6.07, 6.45) is 0. The number of para-hydroxylation sites is 2. The average Bonchev–Trinajstić information content (AvgIpc) is 3.19. The number of thioether (sulfide) groups is 1. The van der Waals surface area contributed by atoms with Gasteiger partial charge in [-0.1, -0.05) is 53.7 Å². The molecule has 1 N–H and O–H groups in total. The third-order valence-electron chi connectivity index (χ3n) is 4.23. The van der Waals surface area contributed by atoms with Gasteiger partial charge in [-0.25, -0.2) is 4.39 Å². The molecule has 150 valence electrons. The zero-order valence-electron chi connectivity index (χ0n) is 15.6. The van der Waals surface area contributed by atoms with E-state index in [1.165, 1.54) is 23.9 Å². The molecule has 4 aromatic rings. The maximum atomic E-state index is 13.8. The van der Waals surface area contributed by atoms with Gasteiger partial charge in [0.25, 0.3) is 0 Å². The first-order valence-electron chi connectivity index (χ1n) is 9.06. The Bertz CT molecular complexity index is 1170. The predicted molar refractivity (Wildman–Crippen MR) is 118 cm³/mol. The lowest BCUT2D eigenvalue weighted by atomic mass is 10.2. The van der Waals surface area contributed by atoms with E-state index in [4.69, 9.17) is 11.6 Å². The molecule has 0 saturated heterocycles. The smallest absolute Gasteiger partial charge is 0.234 e. The van der Waals surface area contributed by atoms with Crippen molar-refractivity contribution in [1.82, 2.24) is 14.8 Å². The van der Waals surface area contributed by atoms with Crippen LogP contribution >= 0.6 is 23.4 Å². The second kappa shape index (κ2) is 9.11. The van der Waals surface area contributed by atoms with Crippen molar-refractivity contribution in [1.29, 1.82) is 0 Å². The molecule has 1 aromatic heterocycles. The van der Waals surface area contributed by atoms with E-state index in [2.05, 4.69) is 15.5 Å². The van der Waals surface area contributed by atoms with Crippen molar-refractivity contribution in [2.24, 2.45) is 0 Å². The number of benzene rings is 3. The van der Waals surface area contributed by atoms with Crippen LogP contribution in [0.3, 0.4) is 0 Å². The molecule has 8 heteroatoms. The zero-order valence-corrected chi connectivity index (χ0v) is 17.2. The number of hydrogen-bond donors (Lipinski definition) is 1. The molecule has 0 saturated carbocycles. The number of hydrogen-bond acceptors (Lipinski definition) is 4. The monoisotopic (exact) mass is 438 g/mol. The summed E-state index contributed by atoms with van der Waals surface area (Å²) in [5.41, 5.74) is 1.86. The highest BCUT2D eigenvalue weighted by Crippen LogP contribution is 2.28. The van der Waals surface area contributed by atoms with E-state index >= 15 is 0 Å². The number of aromatic nitrogens is 3. The molecular weight excluding hydrogens is 423 g/mol. The molecule has 0 bridgehead atoms. The van der Waals surface area contributed by atoms with Crippen LogP contribution < -0.4 is 5.32 Å². The fourth-order valence-corrected chi connectivity index (χ4v) is 3.72. The molecule has 30 heavy (non-hydrogen) atoms. The van der Waals surface area contributed by atoms with E-state index in [0.29, 0.717) is 16.0 Å². The lowest BCUT2D eigenvalue weighted by Crippen LogP contribution is -2.15. The lowest BCUT2D eigenvalue weighted by Gasteiger charge is -2.10. The SMILES string of the molecule is O=C(CSc1nnc(-c2ccc(Cl)cc2)n1-c1ccccc1)Nc1ccccc1F. The number of anilines is 1. The van der Waals surface area contributed by atoms with Crippen LogP contribution in [0.2, 0.25) is 5.02 Å². The van der Waals surface area contributed by atoms with Gasteiger partial charge in [-0.15, -0.1) is 10.2 Å². The van der Waals surface area contributed by atoms with E-state index in [-0.39, 0.29) is 17.3 Å². The Labute approximate surface area is 181 Å². The first kappa shape index (κ1) is 20.1. The van der Waals surface area contributed by atoms with Crippen molar-refractivity contribution in [3.8, 4) is 17.1 Å². The van der Waals surface area contributed by atoms with Gasteiger partial charge in [0, 0.05) is 16.3 Å². The second-order valence-corrected chi connectivity index (χ2v) is 7.68. The van der Waals surface area contributed by atoms with Gasteiger partial charge in [-0.05, 0) is 48.5 Å². The predicted octanol–water partition coefficient (Wildman–Crippen LogP) is 5.46. The summed E-state index contributed by atoms with van der Waals surface area (Å²) in [5.74, 6) is -0.121. The van der Waals surface area contributed by atoms with Crippen molar-refractivity contribution in [2.45, 2.75) is 5.16 Å². The third kappa shape index (κ3) is 4.53. The summed E-state index contributed by atoms with van der Waals surface area (Å²) >= 11 is 7.23. The molecule has 1 heterocycles. The highest BCUT2D eigenvalue weighted by molar-refractivity contribution is 7.99. The Kier molecular flexibility index (Phi) is 6.11. The molecule has 0 spiro atoms. The molecule has 0 atom stereocenters. The minimum Gasteiger partial charge on any atom is -0.323 e. The van der Waals surface area contributed by atoms with Gasteiger partial charge < -0.3 is 5.32 Å². The van der Waals surface area contributed by atoms with Gasteiger partial charge in [0.1, 0.15) is 5.82 Å². The number of carbonyl (C=O) groups is 1. The van der Waals surface area contributed by atoms with Gasteiger partial charge in [0.15, 0.2) is 11.0 Å². The highest BCUT2D eigenvalue weighted by atomic mass is 35.5. The van der Waals surface area contributed by atoms with Crippen LogP contribution in [0.5, 0.6) is 0 Å². The van der Waals surface area contributed by atoms with E-state index < -0.39 is 5.82 Å². The Morgan fingerprint density at radius 2 is 1.67 bits per heavy atom. The first-order valence-corrected chi connectivity index (χ1v) is 10.4. The maximum Gasteiger partial charge on any atom is 0.234 e. The van der Waals surface area contributed by atoms with Gasteiger partial charge in [-0.3, -0.25) is 9.36 Å². The Morgan fingerprint density at radius 1 is 0.967 bits per heavy atom. The maximum absolute atomic E-state index is 13.8. The topological polar surface area (TPSA) is 59.8 Å². The molecule has 1 amide bonds. The lowest BCUT2D eigenvalue weighted by molar-refractivity contribution is -0.113. The second-order valence-electron chi connectivity index (χ2n) is 6.30. The fraction of sp³-hybridized carbons (Fsp3) is 0.0455. The van der Waals surface area contributed by atoms with Gasteiger partial charge in [0.2, 0.25) is 5.91 Å². The van der Waals surface area contributed by atoms with E-state index in [0.717, 1.165) is 11.3 Å². The number of halogens is 2. The Morgan fingerprint density at radius 3 is 2.40 bits per heavy atom. The van der Waals surface area contributed by atoms with Crippen LogP contribution in [-0.2, 0) is 4.79 Å². The number of amides is 1. The molecule has 0 aliphatic heterocycles. The standard InChI is InChI=1S/C22H16ClFN4OS/c23-16-12-10-15(11-13-16)21-26-27-22(28(21)17-6-2-1-3-7-17)30-14-20(29)25-19-9-5-4-8-18(19)24/h1-13H,14H2,(H,25,29). The van der Waals surface area contributed by atoms with Crippen molar-refractivity contribution in [3.63, 3.8) is 0 Å². The van der Waals surface area contributed by atoms with Crippen molar-refractivity contribution < 1.29 is 9.18 Å². The quantitative estimate of drug-likeness (QED) is 0.406. The fourth-order valence-electron chi connectivity index (χ4n) is 2.84. The summed E-state index contributed by atoms with van der Waals surface area (Å²) in [6, 6.07) is 23.0. The summed E-state index contributed by atoms with van der Waals surface area (Å²) in [4.78, 5) is 12.3. The minimum atomic E-state index is -0.478. The van der Waals surface area contributed by atoms with Crippen molar-refractivity contribution >= 4 is 35.0 Å². The summed E-state index contributed by atoms with van der Waals surface area (Å²) < 4.78 is 15.6. The van der Waals surface area contributed by atoms with Crippen LogP contribution in [0.1, 0.15) is 0 Å². The summed E-state index contributed by atoms with van der Waals surface area (Å²) in [6.45, 7) is 0. The Hall–Kier alpha value is -3.16. The molecule has 0 aliphatic rings. The molecule has 4 rings (SSSR count). The molecule has 5 nitrogen and oxygen atoms in total. The van der Waals surface area contributed by atoms with Crippen LogP contribution in [-0.4, -0.2) is 26.4 Å². The Balaban J connectivity index is 1.59. The summed E-state index contributed by atoms with van der Waals surface area (Å²) in [5, 5.41) is 12.4. The van der Waals surface area contributed by atoms with E-state index in [1.807, 2.05) is 47.0 Å². The van der Waals surface area contributed by atoms with Gasteiger partial charge in [0.05, 0.1) is 11.4 Å². The van der Waals surface area contributed by atoms with Crippen LogP contribution in [0.15, 0.2) is 84.0 Å². The number of carbonyl (C=O) groups excluding carboxylic acids is 1. The molecule has 0 radical (unpaired) electrons. The number of nitrogens with one attached hydrogen (secondary N) is 1. The normalized spacial score (nSPS) is 10.7. The molecule has 0 aliphatic carbocycles. The van der Waals surface area contributed by atoms with Gasteiger partial charge in [-0.2, -0.15) is 0 Å². The van der Waals surface area contributed by atoms with Crippen LogP contribution in [0.4, 0.5) is 10.1 Å². The highest BCUT2D eigenvalue weighted by Gasteiger charge is 2.17. The number of nitrogens with zero attached hydrogens (tertiary/aromatic N) is 3. The van der Waals surface area contributed by atoms with Crippen molar-refractivity contribution in [2.75, 3.05) is 11.1 Å².